The smallest absolute Gasteiger partial charge is 0.326 e. The van der Waals surface area contributed by atoms with E-state index in [4.69, 9.17) is 4.74 Å². The van der Waals surface area contributed by atoms with Crippen LogP contribution in [0, 0.1) is 11.3 Å². The van der Waals surface area contributed by atoms with Crippen molar-refractivity contribution in [1.29, 1.82) is 0 Å². The van der Waals surface area contributed by atoms with E-state index in [2.05, 4.69) is 26.1 Å². The summed E-state index contributed by atoms with van der Waals surface area (Å²) >= 11 is 0. The molecule has 1 saturated carbocycles. The number of nitrogens with zero attached hydrogens (tertiary/aromatic N) is 1. The van der Waals surface area contributed by atoms with E-state index in [1.807, 2.05) is 12.1 Å². The second-order valence-electron chi connectivity index (χ2n) is 10.5. The number of hydrogen-bond acceptors (Lipinski definition) is 5. The lowest BCUT2D eigenvalue weighted by Crippen LogP contribution is -2.50. The summed E-state index contributed by atoms with van der Waals surface area (Å²) in [4.78, 5) is 51.2. The summed E-state index contributed by atoms with van der Waals surface area (Å²) in [6.45, 7) is 5.69. The topological polar surface area (TPSA) is 92.8 Å². The van der Waals surface area contributed by atoms with Crippen LogP contribution in [0.3, 0.4) is 0 Å². The lowest BCUT2D eigenvalue weighted by atomic mass is 9.67. The molecule has 2 fully saturated rings. The van der Waals surface area contributed by atoms with E-state index in [1.54, 1.807) is 6.07 Å². The molecule has 32 heavy (non-hydrogen) atoms. The van der Waals surface area contributed by atoms with Crippen molar-refractivity contribution in [2.45, 2.75) is 71.3 Å². The third-order valence-electron chi connectivity index (χ3n) is 7.38. The SMILES string of the molecule is CC(C)(C)C1CCC2(CC1)NC(=O)N(CC(=O)OCC(=O)c1ccc3c(c1)CCC3)C2=O. The van der Waals surface area contributed by atoms with Gasteiger partial charge in [-0.2, -0.15) is 0 Å². The van der Waals surface area contributed by atoms with Gasteiger partial charge in [0.25, 0.3) is 5.91 Å². The number of imide groups is 1. The highest BCUT2D eigenvalue weighted by atomic mass is 16.5. The lowest BCUT2D eigenvalue weighted by molar-refractivity contribution is -0.147. The molecule has 1 N–H and O–H groups in total. The number of Topliss-reactive ketones (excluding diaryl/α,β-unsaturated/α-hetero) is 1. The van der Waals surface area contributed by atoms with E-state index in [0.29, 0.717) is 24.3 Å². The molecule has 2 aliphatic carbocycles. The van der Waals surface area contributed by atoms with Gasteiger partial charge in [-0.15, -0.1) is 0 Å². The minimum Gasteiger partial charge on any atom is -0.456 e. The largest absolute Gasteiger partial charge is 0.456 e. The maximum Gasteiger partial charge on any atom is 0.326 e. The van der Waals surface area contributed by atoms with Gasteiger partial charge in [-0.3, -0.25) is 19.3 Å². The van der Waals surface area contributed by atoms with Gasteiger partial charge in [-0.25, -0.2) is 4.79 Å². The predicted octanol–water partition coefficient (Wildman–Crippen LogP) is 3.43. The quantitative estimate of drug-likeness (QED) is 0.430. The average molecular weight is 441 g/mol. The Kier molecular flexibility index (Phi) is 5.86. The van der Waals surface area contributed by atoms with Crippen LogP contribution in [0.2, 0.25) is 0 Å². The molecule has 1 spiro atoms. The lowest BCUT2D eigenvalue weighted by Gasteiger charge is -2.40. The van der Waals surface area contributed by atoms with Gasteiger partial charge in [-0.1, -0.05) is 32.9 Å². The Morgan fingerprint density at radius 2 is 1.81 bits per heavy atom. The number of rotatable bonds is 5. The van der Waals surface area contributed by atoms with Crippen molar-refractivity contribution in [3.63, 3.8) is 0 Å². The van der Waals surface area contributed by atoms with E-state index in [1.165, 1.54) is 11.1 Å². The second kappa shape index (κ2) is 8.34. The molecule has 4 rings (SSSR count). The van der Waals surface area contributed by atoms with Gasteiger partial charge < -0.3 is 10.1 Å². The third-order valence-corrected chi connectivity index (χ3v) is 7.38. The fraction of sp³-hybridized carbons (Fsp3) is 0.600. The average Bonchev–Trinajstić information content (AvgIpc) is 3.30. The fourth-order valence-electron chi connectivity index (χ4n) is 5.28. The summed E-state index contributed by atoms with van der Waals surface area (Å²) in [5, 5.41) is 2.82. The van der Waals surface area contributed by atoms with Crippen molar-refractivity contribution in [1.82, 2.24) is 10.2 Å². The first-order valence-corrected chi connectivity index (χ1v) is 11.5. The van der Waals surface area contributed by atoms with Gasteiger partial charge >= 0.3 is 12.0 Å². The molecule has 3 aliphatic rings. The van der Waals surface area contributed by atoms with Gasteiger partial charge in [0.15, 0.2) is 12.4 Å². The van der Waals surface area contributed by atoms with Gasteiger partial charge in [0, 0.05) is 5.56 Å². The zero-order valence-corrected chi connectivity index (χ0v) is 19.2. The van der Waals surface area contributed by atoms with Crippen molar-refractivity contribution in [2.24, 2.45) is 11.3 Å². The first-order chi connectivity index (χ1) is 15.1. The van der Waals surface area contributed by atoms with Crippen molar-refractivity contribution in [2.75, 3.05) is 13.2 Å². The monoisotopic (exact) mass is 440 g/mol. The van der Waals surface area contributed by atoms with E-state index >= 15 is 0 Å². The molecule has 0 bridgehead atoms. The van der Waals surface area contributed by atoms with Crippen LogP contribution in [0.25, 0.3) is 0 Å². The van der Waals surface area contributed by atoms with E-state index in [-0.39, 0.29) is 17.1 Å². The van der Waals surface area contributed by atoms with Gasteiger partial charge in [0.2, 0.25) is 0 Å². The molecule has 1 saturated heterocycles. The zero-order valence-electron chi connectivity index (χ0n) is 19.2. The molecule has 1 aromatic carbocycles. The Balaban J connectivity index is 1.31. The van der Waals surface area contributed by atoms with Crippen LogP contribution in [0.1, 0.15) is 74.4 Å². The number of hydrogen-bond donors (Lipinski definition) is 1. The molecule has 0 radical (unpaired) electrons. The molecular weight excluding hydrogens is 408 g/mol. The minimum atomic E-state index is -0.917. The normalized spacial score (nSPS) is 25.1. The first-order valence-electron chi connectivity index (χ1n) is 11.5. The molecule has 172 valence electrons. The number of ether oxygens (including phenoxy) is 1. The number of carbonyl (C=O) groups is 4. The molecule has 1 aromatic rings. The number of aryl methyl sites for hydroxylation is 2. The summed E-state index contributed by atoms with van der Waals surface area (Å²) < 4.78 is 5.11. The number of fused-ring (bicyclic) bond motifs is 1. The van der Waals surface area contributed by atoms with Crippen LogP contribution in [0.5, 0.6) is 0 Å². The summed E-state index contributed by atoms with van der Waals surface area (Å²) in [5.74, 6) is -0.926. The molecule has 7 nitrogen and oxygen atoms in total. The van der Waals surface area contributed by atoms with Crippen LogP contribution in [-0.2, 0) is 27.2 Å². The highest BCUT2D eigenvalue weighted by molar-refractivity contribution is 6.09. The van der Waals surface area contributed by atoms with Crippen LogP contribution in [-0.4, -0.2) is 47.3 Å². The fourth-order valence-corrected chi connectivity index (χ4v) is 5.28. The number of ketones is 1. The van der Waals surface area contributed by atoms with Crippen LogP contribution in [0.15, 0.2) is 18.2 Å². The van der Waals surface area contributed by atoms with Crippen molar-refractivity contribution < 1.29 is 23.9 Å². The highest BCUT2D eigenvalue weighted by Crippen LogP contribution is 2.43. The van der Waals surface area contributed by atoms with Crippen LogP contribution in [0.4, 0.5) is 4.79 Å². The van der Waals surface area contributed by atoms with Gasteiger partial charge in [0.05, 0.1) is 0 Å². The number of esters is 1. The maximum atomic E-state index is 13.0. The molecule has 3 amide bonds. The summed E-state index contributed by atoms with van der Waals surface area (Å²) in [7, 11) is 0. The van der Waals surface area contributed by atoms with Gasteiger partial charge in [-0.05, 0) is 73.5 Å². The summed E-state index contributed by atoms with van der Waals surface area (Å²) in [6, 6.07) is 5.02. The summed E-state index contributed by atoms with van der Waals surface area (Å²) in [6.07, 6.45) is 5.92. The number of urea groups is 1. The number of benzene rings is 1. The van der Waals surface area contributed by atoms with Crippen LogP contribution >= 0.6 is 0 Å². The molecular formula is C25H32N2O5. The Morgan fingerprint density at radius 1 is 1.12 bits per heavy atom. The molecule has 0 aromatic heterocycles. The Hall–Kier alpha value is -2.70. The maximum absolute atomic E-state index is 13.0. The zero-order chi connectivity index (χ0) is 23.1. The number of carbonyl (C=O) groups excluding carboxylic acids is 4. The minimum absolute atomic E-state index is 0.155. The summed E-state index contributed by atoms with van der Waals surface area (Å²) in [5.41, 5.74) is 2.19. The highest BCUT2D eigenvalue weighted by Gasteiger charge is 2.53. The molecule has 1 aliphatic heterocycles. The van der Waals surface area contributed by atoms with E-state index in [9.17, 15) is 19.2 Å². The van der Waals surface area contributed by atoms with Gasteiger partial charge in [0.1, 0.15) is 12.1 Å². The Bertz CT molecular complexity index is 954. The predicted molar refractivity (Wildman–Crippen MR) is 118 cm³/mol. The van der Waals surface area contributed by atoms with Crippen molar-refractivity contribution in [3.05, 3.63) is 34.9 Å². The molecule has 0 atom stereocenters. The van der Waals surface area contributed by atoms with E-state index < -0.39 is 30.7 Å². The number of nitrogens with one attached hydrogen (secondary N) is 1. The second-order valence-corrected chi connectivity index (χ2v) is 10.5. The van der Waals surface area contributed by atoms with E-state index in [0.717, 1.165) is 37.0 Å². The molecule has 0 unspecified atom stereocenters. The molecule has 7 heteroatoms. The molecule has 1 heterocycles. The van der Waals surface area contributed by atoms with Crippen LogP contribution < -0.4 is 5.32 Å². The van der Waals surface area contributed by atoms with Crippen molar-refractivity contribution in [3.8, 4) is 0 Å². The first kappa shape index (κ1) is 22.5. The Morgan fingerprint density at radius 3 is 2.50 bits per heavy atom. The number of amides is 3. The standard InChI is InChI=1S/C25H32N2O5/c1-24(2,3)19-9-11-25(12-10-19)22(30)27(23(31)26-25)14-21(29)32-15-20(28)18-8-7-16-5-4-6-17(16)13-18/h7-8,13,19H,4-6,9-12,14-15H2,1-3H3,(H,26,31). The third kappa shape index (κ3) is 4.30. The Labute approximate surface area is 188 Å². The van der Waals surface area contributed by atoms with Crippen molar-refractivity contribution >= 4 is 23.7 Å².